The highest BCUT2D eigenvalue weighted by molar-refractivity contribution is 5.82. The van der Waals surface area contributed by atoms with Crippen LogP contribution in [0, 0.1) is 17.2 Å². The Morgan fingerprint density at radius 1 is 1.47 bits per heavy atom. The van der Waals surface area contributed by atoms with E-state index in [4.69, 9.17) is 5.26 Å². The van der Waals surface area contributed by atoms with Gasteiger partial charge in [0, 0.05) is 19.6 Å². The summed E-state index contributed by atoms with van der Waals surface area (Å²) in [5, 5.41) is 12.0. The number of likely N-dealkylation sites (N-methyl/N-ethyl adjacent to an activating group) is 1. The number of nitrogens with zero attached hydrogens (tertiary/aromatic N) is 2. The summed E-state index contributed by atoms with van der Waals surface area (Å²) in [6.45, 7) is 0.544. The molecule has 3 unspecified atom stereocenters. The number of fused-ring (bicyclic) bond motifs is 1. The minimum absolute atomic E-state index is 0.00760. The molecule has 0 bridgehead atoms. The molecule has 0 aromatic heterocycles. The van der Waals surface area contributed by atoms with Crippen molar-refractivity contribution in [1.82, 2.24) is 10.2 Å². The van der Waals surface area contributed by atoms with Crippen LogP contribution in [0.1, 0.15) is 38.5 Å². The van der Waals surface area contributed by atoms with Crippen molar-refractivity contribution in [2.45, 2.75) is 50.6 Å². The summed E-state index contributed by atoms with van der Waals surface area (Å²) in [7, 11) is 1.79. The first kappa shape index (κ1) is 12.4. The van der Waals surface area contributed by atoms with E-state index in [0.29, 0.717) is 24.9 Å². The summed E-state index contributed by atoms with van der Waals surface area (Å²) >= 11 is 0. The van der Waals surface area contributed by atoms with Crippen LogP contribution in [0.3, 0.4) is 0 Å². The van der Waals surface area contributed by atoms with Crippen LogP contribution >= 0.6 is 0 Å². The molecule has 2 rings (SSSR count). The van der Waals surface area contributed by atoms with Gasteiger partial charge in [0.15, 0.2) is 0 Å². The fourth-order valence-electron chi connectivity index (χ4n) is 3.10. The molecular weight excluding hydrogens is 214 g/mol. The molecule has 17 heavy (non-hydrogen) atoms. The molecule has 94 valence electrons. The van der Waals surface area contributed by atoms with Gasteiger partial charge in [-0.3, -0.25) is 4.79 Å². The van der Waals surface area contributed by atoms with Crippen molar-refractivity contribution in [2.24, 2.45) is 5.92 Å². The molecule has 4 heteroatoms. The quantitative estimate of drug-likeness (QED) is 0.801. The SMILES string of the molecule is CN(CCC#N)C(=O)C1CC2CCCCC2N1. The van der Waals surface area contributed by atoms with E-state index >= 15 is 0 Å². The van der Waals surface area contributed by atoms with Crippen molar-refractivity contribution in [3.8, 4) is 6.07 Å². The van der Waals surface area contributed by atoms with Crippen LogP contribution in [0.5, 0.6) is 0 Å². The third-order valence-electron chi connectivity index (χ3n) is 4.10. The molecule has 2 aliphatic rings. The molecule has 1 aliphatic carbocycles. The smallest absolute Gasteiger partial charge is 0.239 e. The van der Waals surface area contributed by atoms with Crippen LogP contribution in [-0.4, -0.2) is 36.5 Å². The number of hydrogen-bond donors (Lipinski definition) is 1. The number of hydrogen-bond acceptors (Lipinski definition) is 3. The van der Waals surface area contributed by atoms with E-state index in [2.05, 4.69) is 11.4 Å². The third-order valence-corrected chi connectivity index (χ3v) is 4.10. The van der Waals surface area contributed by atoms with Crippen LogP contribution in [-0.2, 0) is 4.79 Å². The van der Waals surface area contributed by atoms with Crippen LogP contribution in [0.2, 0.25) is 0 Å². The van der Waals surface area contributed by atoms with E-state index in [1.54, 1.807) is 11.9 Å². The molecule has 1 amide bonds. The molecule has 4 nitrogen and oxygen atoms in total. The van der Waals surface area contributed by atoms with Gasteiger partial charge in [-0.1, -0.05) is 12.8 Å². The number of amides is 1. The molecular formula is C13H21N3O. The molecule has 0 spiro atoms. The monoisotopic (exact) mass is 235 g/mol. The van der Waals surface area contributed by atoms with Crippen molar-refractivity contribution in [3.05, 3.63) is 0 Å². The van der Waals surface area contributed by atoms with Gasteiger partial charge in [-0.15, -0.1) is 0 Å². The molecule has 1 aliphatic heterocycles. The average molecular weight is 235 g/mol. The number of rotatable bonds is 3. The van der Waals surface area contributed by atoms with E-state index in [1.165, 1.54) is 25.7 Å². The van der Waals surface area contributed by atoms with E-state index in [0.717, 1.165) is 6.42 Å². The summed E-state index contributed by atoms with van der Waals surface area (Å²) in [5.41, 5.74) is 0. The standard InChI is InChI=1S/C13H21N3O/c1-16(8-4-7-14)13(17)12-9-10-5-2-3-6-11(10)15-12/h10-12,15H,2-6,8-9H2,1H3. The summed E-state index contributed by atoms with van der Waals surface area (Å²) in [4.78, 5) is 13.8. The van der Waals surface area contributed by atoms with E-state index in [-0.39, 0.29) is 11.9 Å². The van der Waals surface area contributed by atoms with E-state index < -0.39 is 0 Å². The van der Waals surface area contributed by atoms with Gasteiger partial charge in [0.25, 0.3) is 0 Å². The first-order valence-corrected chi connectivity index (χ1v) is 6.60. The van der Waals surface area contributed by atoms with Crippen molar-refractivity contribution in [1.29, 1.82) is 5.26 Å². The number of carbonyl (C=O) groups is 1. The zero-order chi connectivity index (χ0) is 12.3. The predicted molar refractivity (Wildman–Crippen MR) is 65.2 cm³/mol. The summed E-state index contributed by atoms with van der Waals surface area (Å²) in [5.74, 6) is 0.858. The normalized spacial score (nSPS) is 31.6. The summed E-state index contributed by atoms with van der Waals surface area (Å²) in [6, 6.07) is 2.63. The van der Waals surface area contributed by atoms with E-state index in [1.807, 2.05) is 0 Å². The fourth-order valence-corrected chi connectivity index (χ4v) is 3.10. The Balaban J connectivity index is 1.86. The molecule has 0 aromatic carbocycles. The van der Waals surface area contributed by atoms with Gasteiger partial charge in [0.1, 0.15) is 0 Å². The zero-order valence-corrected chi connectivity index (χ0v) is 10.5. The molecule has 0 aromatic rings. The fraction of sp³-hybridized carbons (Fsp3) is 0.846. The first-order valence-electron chi connectivity index (χ1n) is 6.60. The van der Waals surface area contributed by atoms with Gasteiger partial charge in [0.05, 0.1) is 18.5 Å². The number of nitriles is 1. The molecule has 1 saturated heterocycles. The lowest BCUT2D eigenvalue weighted by atomic mass is 9.85. The van der Waals surface area contributed by atoms with Crippen molar-refractivity contribution >= 4 is 5.91 Å². The van der Waals surface area contributed by atoms with Crippen LogP contribution in [0.4, 0.5) is 0 Å². The number of carbonyl (C=O) groups excluding carboxylic acids is 1. The minimum Gasteiger partial charge on any atom is -0.343 e. The molecule has 1 heterocycles. The van der Waals surface area contributed by atoms with Crippen molar-refractivity contribution < 1.29 is 4.79 Å². The predicted octanol–water partition coefficient (Wildman–Crippen LogP) is 1.28. The Morgan fingerprint density at radius 2 is 2.24 bits per heavy atom. The van der Waals surface area contributed by atoms with Crippen molar-refractivity contribution in [2.75, 3.05) is 13.6 Å². The Kier molecular flexibility index (Phi) is 4.01. The van der Waals surface area contributed by atoms with Gasteiger partial charge in [0.2, 0.25) is 5.91 Å². The highest BCUT2D eigenvalue weighted by atomic mass is 16.2. The Hall–Kier alpha value is -1.08. The highest BCUT2D eigenvalue weighted by Gasteiger charge is 2.38. The van der Waals surface area contributed by atoms with E-state index in [9.17, 15) is 4.79 Å². The first-order chi connectivity index (χ1) is 8.22. The third kappa shape index (κ3) is 2.78. The number of nitrogens with one attached hydrogen (secondary N) is 1. The lowest BCUT2D eigenvalue weighted by molar-refractivity contribution is -0.131. The van der Waals surface area contributed by atoms with Crippen LogP contribution in [0.15, 0.2) is 0 Å². The zero-order valence-electron chi connectivity index (χ0n) is 10.5. The maximum absolute atomic E-state index is 12.1. The highest BCUT2D eigenvalue weighted by Crippen LogP contribution is 2.33. The van der Waals surface area contributed by atoms with Gasteiger partial charge < -0.3 is 10.2 Å². The van der Waals surface area contributed by atoms with Gasteiger partial charge >= 0.3 is 0 Å². The Morgan fingerprint density at radius 3 is 2.94 bits per heavy atom. The topological polar surface area (TPSA) is 56.1 Å². The lowest BCUT2D eigenvalue weighted by Crippen LogP contribution is -2.44. The molecule has 1 saturated carbocycles. The minimum atomic E-state index is -0.00760. The van der Waals surface area contributed by atoms with Gasteiger partial charge in [-0.2, -0.15) is 5.26 Å². The van der Waals surface area contributed by atoms with Crippen LogP contribution < -0.4 is 5.32 Å². The molecule has 0 radical (unpaired) electrons. The largest absolute Gasteiger partial charge is 0.343 e. The van der Waals surface area contributed by atoms with Crippen molar-refractivity contribution in [3.63, 3.8) is 0 Å². The second kappa shape index (κ2) is 5.50. The second-order valence-corrected chi connectivity index (χ2v) is 5.27. The molecule has 2 fully saturated rings. The maximum Gasteiger partial charge on any atom is 0.239 e. The van der Waals surface area contributed by atoms with Crippen LogP contribution in [0.25, 0.3) is 0 Å². The average Bonchev–Trinajstić information content (AvgIpc) is 2.78. The lowest BCUT2D eigenvalue weighted by Gasteiger charge is -2.24. The molecule has 1 N–H and O–H groups in total. The van der Waals surface area contributed by atoms with Gasteiger partial charge in [-0.25, -0.2) is 0 Å². The maximum atomic E-state index is 12.1. The van der Waals surface area contributed by atoms with Gasteiger partial charge in [-0.05, 0) is 25.2 Å². The summed E-state index contributed by atoms with van der Waals surface area (Å²) in [6.07, 6.45) is 6.50. The second-order valence-electron chi connectivity index (χ2n) is 5.27. The molecule has 3 atom stereocenters. The Labute approximate surface area is 103 Å². The Bertz CT molecular complexity index is 309. The summed E-state index contributed by atoms with van der Waals surface area (Å²) < 4.78 is 0.